The molecule has 2 heterocycles. The maximum absolute atomic E-state index is 12.3. The summed E-state index contributed by atoms with van der Waals surface area (Å²) in [7, 11) is 1.57. The Bertz CT molecular complexity index is 1010. The van der Waals surface area contributed by atoms with E-state index in [2.05, 4.69) is 15.6 Å². The highest BCUT2D eigenvalue weighted by Crippen LogP contribution is 2.16. The first-order valence-corrected chi connectivity index (χ1v) is 8.97. The van der Waals surface area contributed by atoms with Gasteiger partial charge >= 0.3 is 0 Å². The molecule has 0 atom stereocenters. The van der Waals surface area contributed by atoms with Crippen LogP contribution in [-0.4, -0.2) is 28.4 Å². The van der Waals surface area contributed by atoms with Gasteiger partial charge in [-0.05, 0) is 23.1 Å². The minimum atomic E-state index is -0.230. The van der Waals surface area contributed by atoms with Gasteiger partial charge in [0.05, 0.1) is 18.1 Å². The summed E-state index contributed by atoms with van der Waals surface area (Å²) in [6.07, 6.45) is 1.78. The van der Waals surface area contributed by atoms with Gasteiger partial charge in [-0.15, -0.1) is 11.3 Å². The summed E-state index contributed by atoms with van der Waals surface area (Å²) >= 11 is 1.41. The van der Waals surface area contributed by atoms with Crippen LogP contribution in [0.25, 0.3) is 10.2 Å². The van der Waals surface area contributed by atoms with Crippen molar-refractivity contribution in [2.45, 2.75) is 19.4 Å². The summed E-state index contributed by atoms with van der Waals surface area (Å²) in [5.74, 6) is -0.361. The zero-order valence-electron chi connectivity index (χ0n) is 14.2. The lowest BCUT2D eigenvalue weighted by atomic mass is 10.1. The largest absolute Gasteiger partial charge is 0.359 e. The Kier molecular flexibility index (Phi) is 5.43. The fourth-order valence-corrected chi connectivity index (χ4v) is 3.27. The number of amides is 2. The van der Waals surface area contributed by atoms with E-state index >= 15 is 0 Å². The van der Waals surface area contributed by atoms with E-state index in [1.807, 2.05) is 11.4 Å². The molecule has 7 nitrogen and oxygen atoms in total. The van der Waals surface area contributed by atoms with Crippen LogP contribution in [0.15, 0.2) is 46.8 Å². The van der Waals surface area contributed by atoms with Gasteiger partial charge < -0.3 is 10.6 Å². The molecule has 0 unspecified atom stereocenters. The molecule has 3 rings (SSSR count). The molecule has 26 heavy (non-hydrogen) atoms. The van der Waals surface area contributed by atoms with E-state index < -0.39 is 0 Å². The highest BCUT2D eigenvalue weighted by atomic mass is 32.1. The maximum Gasteiger partial charge on any atom is 0.262 e. The number of nitrogens with zero attached hydrogens (tertiary/aromatic N) is 2. The van der Waals surface area contributed by atoms with Gasteiger partial charge in [-0.1, -0.05) is 18.2 Å². The van der Waals surface area contributed by atoms with Crippen molar-refractivity contribution in [3.63, 3.8) is 0 Å². The molecule has 0 aliphatic carbocycles. The number of thiophene rings is 1. The van der Waals surface area contributed by atoms with Crippen molar-refractivity contribution in [2.24, 2.45) is 0 Å². The summed E-state index contributed by atoms with van der Waals surface area (Å²) < 4.78 is 1.44. The van der Waals surface area contributed by atoms with Crippen molar-refractivity contribution < 1.29 is 9.59 Å². The number of hydrogen-bond donors (Lipinski definition) is 2. The van der Waals surface area contributed by atoms with E-state index in [1.165, 1.54) is 22.2 Å². The van der Waals surface area contributed by atoms with Crippen LogP contribution in [0, 0.1) is 0 Å². The highest BCUT2D eigenvalue weighted by Gasteiger charge is 2.11. The SMILES string of the molecule is CNC(=O)Cc1ccccc1NC(=O)CCn1cnc2sccc2c1=O. The molecule has 3 aromatic rings. The fraction of sp³-hybridized carbons (Fsp3) is 0.222. The molecular weight excluding hydrogens is 352 g/mol. The maximum atomic E-state index is 12.3. The molecular formula is C18H18N4O3S. The number of benzene rings is 1. The third-order valence-electron chi connectivity index (χ3n) is 3.95. The topological polar surface area (TPSA) is 93.1 Å². The monoisotopic (exact) mass is 370 g/mol. The summed E-state index contributed by atoms with van der Waals surface area (Å²) in [6, 6.07) is 8.89. The molecule has 0 saturated heterocycles. The summed E-state index contributed by atoms with van der Waals surface area (Å²) in [4.78, 5) is 41.1. The molecule has 134 valence electrons. The number of rotatable bonds is 6. The van der Waals surface area contributed by atoms with Gasteiger partial charge in [-0.3, -0.25) is 19.0 Å². The Morgan fingerprint density at radius 3 is 2.81 bits per heavy atom. The van der Waals surface area contributed by atoms with Crippen molar-refractivity contribution in [3.8, 4) is 0 Å². The minimum Gasteiger partial charge on any atom is -0.359 e. The van der Waals surface area contributed by atoms with Crippen molar-refractivity contribution in [1.82, 2.24) is 14.9 Å². The lowest BCUT2D eigenvalue weighted by Crippen LogP contribution is -2.24. The van der Waals surface area contributed by atoms with Crippen LogP contribution in [0.4, 0.5) is 5.69 Å². The van der Waals surface area contributed by atoms with Crippen LogP contribution in [0.5, 0.6) is 0 Å². The van der Waals surface area contributed by atoms with Crippen LogP contribution in [0.2, 0.25) is 0 Å². The lowest BCUT2D eigenvalue weighted by Gasteiger charge is -2.11. The molecule has 0 radical (unpaired) electrons. The summed E-state index contributed by atoms with van der Waals surface area (Å²) in [5.41, 5.74) is 1.18. The average molecular weight is 370 g/mol. The van der Waals surface area contributed by atoms with Crippen molar-refractivity contribution in [3.05, 3.63) is 58.0 Å². The van der Waals surface area contributed by atoms with Gasteiger partial charge in [-0.2, -0.15) is 0 Å². The number of nitrogens with one attached hydrogen (secondary N) is 2. The van der Waals surface area contributed by atoms with E-state index in [-0.39, 0.29) is 36.8 Å². The van der Waals surface area contributed by atoms with Gasteiger partial charge in [-0.25, -0.2) is 4.98 Å². The van der Waals surface area contributed by atoms with Gasteiger partial charge in [0.2, 0.25) is 11.8 Å². The van der Waals surface area contributed by atoms with Gasteiger partial charge in [0, 0.05) is 25.7 Å². The molecule has 0 spiro atoms. The minimum absolute atomic E-state index is 0.130. The second-order valence-corrected chi connectivity index (χ2v) is 6.58. The van der Waals surface area contributed by atoms with Gasteiger partial charge in [0.1, 0.15) is 4.83 Å². The molecule has 2 amide bonds. The number of carbonyl (C=O) groups is 2. The predicted octanol–water partition coefficient (Wildman–Crippen LogP) is 1.78. The Hall–Kier alpha value is -3.00. The number of aromatic nitrogens is 2. The van der Waals surface area contributed by atoms with Crippen molar-refractivity contribution in [2.75, 3.05) is 12.4 Å². The highest BCUT2D eigenvalue weighted by molar-refractivity contribution is 7.16. The average Bonchev–Trinajstić information content (AvgIpc) is 3.12. The third-order valence-corrected chi connectivity index (χ3v) is 4.77. The third kappa shape index (κ3) is 3.97. The number of para-hydroxylation sites is 1. The molecule has 2 N–H and O–H groups in total. The normalized spacial score (nSPS) is 10.7. The van der Waals surface area contributed by atoms with E-state index in [1.54, 1.807) is 31.3 Å². The van der Waals surface area contributed by atoms with Crippen LogP contribution in [-0.2, 0) is 22.6 Å². The smallest absolute Gasteiger partial charge is 0.262 e. The lowest BCUT2D eigenvalue weighted by molar-refractivity contribution is -0.120. The summed E-state index contributed by atoms with van der Waals surface area (Å²) in [5, 5.41) is 7.76. The molecule has 0 bridgehead atoms. The molecule has 0 aliphatic heterocycles. The predicted molar refractivity (Wildman–Crippen MR) is 101 cm³/mol. The quantitative estimate of drug-likeness (QED) is 0.692. The Balaban J connectivity index is 1.66. The molecule has 1 aromatic carbocycles. The number of fused-ring (bicyclic) bond motifs is 1. The van der Waals surface area contributed by atoms with Gasteiger partial charge in [0.25, 0.3) is 5.56 Å². The van der Waals surface area contributed by atoms with E-state index in [9.17, 15) is 14.4 Å². The standard InChI is InChI=1S/C18H18N4O3S/c1-19-16(24)10-12-4-2-3-5-14(12)21-15(23)6-8-22-11-20-17-13(18(22)25)7-9-26-17/h2-5,7,9,11H,6,8,10H2,1H3,(H,19,24)(H,21,23). The van der Waals surface area contributed by atoms with Crippen LogP contribution >= 0.6 is 11.3 Å². The first-order chi connectivity index (χ1) is 12.6. The Morgan fingerprint density at radius 1 is 1.19 bits per heavy atom. The number of likely N-dealkylation sites (N-methyl/N-ethyl adjacent to an activating group) is 1. The molecule has 0 aliphatic rings. The number of carbonyl (C=O) groups excluding carboxylic acids is 2. The first kappa shape index (κ1) is 17.8. The van der Waals surface area contributed by atoms with Crippen molar-refractivity contribution in [1.29, 1.82) is 0 Å². The molecule has 0 saturated carbocycles. The summed E-state index contributed by atoms with van der Waals surface area (Å²) in [6.45, 7) is 0.237. The zero-order chi connectivity index (χ0) is 18.5. The second kappa shape index (κ2) is 7.92. The van der Waals surface area contributed by atoms with E-state index in [0.29, 0.717) is 15.9 Å². The number of anilines is 1. The second-order valence-electron chi connectivity index (χ2n) is 5.69. The van der Waals surface area contributed by atoms with Crippen LogP contribution < -0.4 is 16.2 Å². The van der Waals surface area contributed by atoms with E-state index in [0.717, 1.165) is 5.56 Å². The molecule has 8 heteroatoms. The van der Waals surface area contributed by atoms with Crippen LogP contribution in [0.1, 0.15) is 12.0 Å². The van der Waals surface area contributed by atoms with Crippen molar-refractivity contribution >= 4 is 39.1 Å². The van der Waals surface area contributed by atoms with Crippen LogP contribution in [0.3, 0.4) is 0 Å². The zero-order valence-corrected chi connectivity index (χ0v) is 15.0. The Morgan fingerprint density at radius 2 is 2.00 bits per heavy atom. The number of aryl methyl sites for hydroxylation is 1. The van der Waals surface area contributed by atoms with E-state index in [4.69, 9.17) is 0 Å². The fourth-order valence-electron chi connectivity index (χ4n) is 2.55. The molecule has 2 aromatic heterocycles. The van der Waals surface area contributed by atoms with Gasteiger partial charge in [0.15, 0.2) is 0 Å². The molecule has 0 fully saturated rings. The number of hydrogen-bond acceptors (Lipinski definition) is 5. The first-order valence-electron chi connectivity index (χ1n) is 8.09. The Labute approximate surface area is 153 Å².